The molecule has 4 aromatic rings. The average molecular weight is 842 g/mol. The number of rotatable bonds is 2. The molecule has 0 spiro atoms. The molecule has 0 amide bonds. The Kier molecular flexibility index (Phi) is 13.5. The molecule has 0 aliphatic heterocycles. The molecule has 252 valence electrons. The molecule has 2 saturated carbocycles. The average Bonchev–Trinajstić information content (AvgIpc) is 3.77. The molecule has 0 N–H and O–H groups in total. The van der Waals surface area contributed by atoms with Crippen LogP contribution in [0.2, 0.25) is 0 Å². The monoisotopic (exact) mass is 842 g/mol. The van der Waals surface area contributed by atoms with Crippen molar-refractivity contribution in [2.75, 3.05) is 0 Å². The SMILES string of the molecule is C[C-]1C2=C3Cc4ccccc4C3C3CCCCC3C2CC(C)C1(C)C.Cc1ccc([C](=[Hf+2])c2ccc(C)cc2)cc1.[Cl-].[Cl-].c1cc[cH-]c1. The number of hydrogen-bond donors (Lipinski definition) is 0. The first kappa shape index (κ1) is 38.7. The zero-order chi connectivity index (χ0) is 32.4. The molecule has 4 aliphatic carbocycles. The summed E-state index contributed by atoms with van der Waals surface area (Å²) in [6.45, 7) is 14.2. The van der Waals surface area contributed by atoms with Crippen LogP contribution in [0.25, 0.3) is 0 Å². The molecule has 0 nitrogen and oxygen atoms in total. The van der Waals surface area contributed by atoms with Gasteiger partial charge < -0.3 is 24.8 Å². The number of halogens is 2. The van der Waals surface area contributed by atoms with E-state index < -0.39 is 0 Å². The molecule has 5 unspecified atom stereocenters. The minimum absolute atomic E-state index is 0. The molecule has 5 atom stereocenters. The fraction of sp³-hybridized carbons (Fsp3) is 0.400. The van der Waals surface area contributed by atoms with Gasteiger partial charge in [0.05, 0.1) is 0 Å². The van der Waals surface area contributed by atoms with E-state index in [0.29, 0.717) is 5.41 Å². The van der Waals surface area contributed by atoms with Gasteiger partial charge in [0.25, 0.3) is 0 Å². The molecule has 3 heteroatoms. The van der Waals surface area contributed by atoms with Gasteiger partial charge in [-0.15, -0.1) is 6.92 Å². The maximum absolute atomic E-state index is 2.51. The summed E-state index contributed by atoms with van der Waals surface area (Å²) in [4.78, 5) is 0. The van der Waals surface area contributed by atoms with Gasteiger partial charge in [0.15, 0.2) is 0 Å². The summed E-state index contributed by atoms with van der Waals surface area (Å²) in [6, 6.07) is 37.0. The van der Waals surface area contributed by atoms with E-state index in [9.17, 15) is 0 Å². The van der Waals surface area contributed by atoms with E-state index in [-0.39, 0.29) is 24.8 Å². The van der Waals surface area contributed by atoms with Gasteiger partial charge in [0.2, 0.25) is 0 Å². The third-order valence-corrected chi connectivity index (χ3v) is 14.2. The minimum Gasteiger partial charge on any atom is -1.00 e. The molecule has 2 fully saturated rings. The van der Waals surface area contributed by atoms with Crippen LogP contribution in [0.1, 0.15) is 99.1 Å². The van der Waals surface area contributed by atoms with Gasteiger partial charge >= 0.3 is 112 Å². The van der Waals surface area contributed by atoms with Crippen molar-refractivity contribution in [3.8, 4) is 0 Å². The molecule has 0 heterocycles. The second kappa shape index (κ2) is 16.8. The van der Waals surface area contributed by atoms with Crippen LogP contribution in [0.3, 0.4) is 0 Å². The van der Waals surface area contributed by atoms with Gasteiger partial charge in [0.1, 0.15) is 0 Å². The van der Waals surface area contributed by atoms with Crippen molar-refractivity contribution in [2.45, 2.75) is 86.0 Å². The smallest absolute Gasteiger partial charge is 0.172 e. The van der Waals surface area contributed by atoms with Crippen molar-refractivity contribution in [1.29, 1.82) is 0 Å². The zero-order valence-electron chi connectivity index (χ0n) is 29.7. The Morgan fingerprint density at radius 2 is 1.31 bits per heavy atom. The van der Waals surface area contributed by atoms with E-state index in [0.717, 1.165) is 53.5 Å². The Labute approximate surface area is 318 Å². The molecule has 48 heavy (non-hydrogen) atoms. The fourth-order valence-electron chi connectivity index (χ4n) is 8.94. The van der Waals surface area contributed by atoms with Gasteiger partial charge in [0, 0.05) is 0 Å². The topological polar surface area (TPSA) is 0 Å². The van der Waals surface area contributed by atoms with E-state index in [4.69, 9.17) is 0 Å². The fourth-order valence-corrected chi connectivity index (χ4v) is 10.1. The predicted octanol–water partition coefficient (Wildman–Crippen LogP) is 5.55. The van der Waals surface area contributed by atoms with E-state index in [2.05, 4.69) is 114 Å². The van der Waals surface area contributed by atoms with Crippen LogP contribution in [0.4, 0.5) is 0 Å². The molecular formula is C45H52Cl2Hf-2. The maximum atomic E-state index is 2.51. The van der Waals surface area contributed by atoms with E-state index in [1.165, 1.54) is 64.0 Å². The van der Waals surface area contributed by atoms with Crippen molar-refractivity contribution in [3.05, 3.63) is 154 Å². The first-order valence-corrected chi connectivity index (χ1v) is 19.5. The summed E-state index contributed by atoms with van der Waals surface area (Å²) >= 11 is 1.08. The number of fused-ring (bicyclic) bond motifs is 7. The molecule has 0 bridgehead atoms. The van der Waals surface area contributed by atoms with E-state index in [1.54, 1.807) is 17.0 Å². The van der Waals surface area contributed by atoms with Crippen molar-refractivity contribution >= 4 is 3.26 Å². The molecular weight excluding hydrogens is 790 g/mol. The summed E-state index contributed by atoms with van der Waals surface area (Å²) in [5.41, 5.74) is 12.7. The van der Waals surface area contributed by atoms with Crippen molar-refractivity contribution in [3.63, 3.8) is 0 Å². The maximum Gasteiger partial charge on any atom is -0.172 e. The second-order valence-corrected chi connectivity index (χ2v) is 16.9. The van der Waals surface area contributed by atoms with Crippen molar-refractivity contribution < 1.29 is 48.7 Å². The predicted molar refractivity (Wildman–Crippen MR) is 193 cm³/mol. The van der Waals surface area contributed by atoms with E-state index in [1.807, 2.05) is 41.5 Å². The van der Waals surface area contributed by atoms with Gasteiger partial charge in [-0.2, -0.15) is 18.2 Å². The molecule has 0 saturated heterocycles. The third kappa shape index (κ3) is 7.95. The first-order valence-electron chi connectivity index (χ1n) is 17.7. The summed E-state index contributed by atoms with van der Waals surface area (Å²) in [6.07, 6.45) is 8.52. The quantitative estimate of drug-likeness (QED) is 0.184. The Hall–Kier alpha value is -2.06. The van der Waals surface area contributed by atoms with Gasteiger partial charge in [-0.25, -0.2) is 29.2 Å². The van der Waals surface area contributed by atoms with Gasteiger partial charge in [-0.05, 0) is 30.6 Å². The summed E-state index contributed by atoms with van der Waals surface area (Å²) in [7, 11) is 0. The number of hydrogen-bond acceptors (Lipinski definition) is 0. The van der Waals surface area contributed by atoms with Crippen molar-refractivity contribution in [2.24, 2.45) is 29.1 Å². The van der Waals surface area contributed by atoms with Crippen LogP contribution < -0.4 is 24.8 Å². The molecule has 8 rings (SSSR count). The molecule has 4 aliphatic rings. The van der Waals surface area contributed by atoms with Crippen LogP contribution in [-0.2, 0) is 30.3 Å². The number of allylic oxidation sites excluding steroid dienone is 2. The normalized spacial score (nSPS) is 24.4. The second-order valence-electron chi connectivity index (χ2n) is 15.1. The summed E-state index contributed by atoms with van der Waals surface area (Å²) < 4.78 is 1.47. The van der Waals surface area contributed by atoms with Crippen LogP contribution >= 0.6 is 0 Å². The Bertz CT molecular complexity index is 1580. The van der Waals surface area contributed by atoms with Gasteiger partial charge in [-0.3, -0.25) is 0 Å². The Morgan fingerprint density at radius 1 is 0.771 bits per heavy atom. The van der Waals surface area contributed by atoms with Crippen LogP contribution in [0.5, 0.6) is 0 Å². The molecule has 0 radical (unpaired) electrons. The Morgan fingerprint density at radius 3 is 1.85 bits per heavy atom. The minimum atomic E-state index is 0. The molecule has 0 aromatic heterocycles. The molecule has 4 aromatic carbocycles. The first-order chi connectivity index (χ1) is 22.2. The van der Waals surface area contributed by atoms with Crippen LogP contribution in [0, 0.1) is 48.9 Å². The Balaban J connectivity index is 0.000000195. The third-order valence-electron chi connectivity index (χ3n) is 12.1. The largest absolute Gasteiger partial charge is 1.00 e. The number of benzene rings is 3. The zero-order valence-corrected chi connectivity index (χ0v) is 34.8. The number of aryl methyl sites for hydroxylation is 2. The summed E-state index contributed by atoms with van der Waals surface area (Å²) in [5, 5.41) is 0. The van der Waals surface area contributed by atoms with Crippen molar-refractivity contribution in [1.82, 2.24) is 0 Å². The van der Waals surface area contributed by atoms with Gasteiger partial charge in [-0.1, -0.05) is 99.1 Å². The van der Waals surface area contributed by atoms with Crippen LogP contribution in [0.15, 0.2) is 114 Å². The standard InChI is InChI=1S/C25H33.C15H14.C5H5.2ClH.Hf/c1-15-13-21-19-11-7-8-12-20(19)24-18-10-6-5-9-17(18)14-22(24)23(21)16(2)25(15,3)4;1-12-3-7-14(8-4-12)11-15-9-5-13(2)6-10-15;1-2-4-5-3-1;;;/h5-6,9-10,15,19-21,24H,7-8,11-14H2,1-4H3;3-10H,1-2H3;1-5H;2*1H;/q-1;;-1;;;+2/p-2. The summed E-state index contributed by atoms with van der Waals surface area (Å²) in [5.74, 6) is 6.00. The van der Waals surface area contributed by atoms with Crippen LogP contribution in [-0.4, -0.2) is 3.26 Å². The van der Waals surface area contributed by atoms with E-state index >= 15 is 0 Å².